The number of nitrogens with two attached hydrogens (primary N) is 1. The average Bonchev–Trinajstić information content (AvgIpc) is 2.68. The molecule has 158 valence electrons. The summed E-state index contributed by atoms with van der Waals surface area (Å²) in [5, 5.41) is 3.01. The van der Waals surface area contributed by atoms with E-state index < -0.39 is 11.0 Å². The van der Waals surface area contributed by atoms with Crippen LogP contribution in [-0.4, -0.2) is 31.3 Å². The molecule has 2 atom stereocenters. The third-order valence-electron chi connectivity index (χ3n) is 6.01. The van der Waals surface area contributed by atoms with E-state index in [0.717, 1.165) is 23.4 Å². The zero-order chi connectivity index (χ0) is 20.4. The zero-order valence-corrected chi connectivity index (χ0v) is 18.3. The Bertz CT molecular complexity index is 841. The van der Waals surface area contributed by atoms with Gasteiger partial charge in [0.25, 0.3) is 0 Å². The molecule has 29 heavy (non-hydrogen) atoms. The van der Waals surface area contributed by atoms with Crippen LogP contribution < -0.4 is 15.8 Å². The summed E-state index contributed by atoms with van der Waals surface area (Å²) in [6.45, 7) is 6.56. The van der Waals surface area contributed by atoms with Crippen molar-refractivity contribution in [1.82, 2.24) is 0 Å². The normalized spacial score (nSPS) is 22.2. The number of rotatable bonds is 7. The lowest BCUT2D eigenvalue weighted by Gasteiger charge is -2.57. The molecule has 1 amide bonds. The second-order valence-electron chi connectivity index (χ2n) is 7.98. The fourth-order valence-electron chi connectivity index (χ4n) is 3.87. The molecule has 1 aliphatic carbocycles. The van der Waals surface area contributed by atoms with E-state index in [1.165, 1.54) is 5.56 Å². The van der Waals surface area contributed by atoms with Crippen LogP contribution in [0, 0.1) is 5.41 Å². The first kappa shape index (κ1) is 23.2. The van der Waals surface area contributed by atoms with Crippen LogP contribution in [0.15, 0.2) is 48.5 Å². The molecule has 0 aliphatic heterocycles. The first-order valence-corrected chi connectivity index (χ1v) is 9.74. The number of carbonyl (C=O) groups excluding carboxylic acids is 1. The first-order valence-electron chi connectivity index (χ1n) is 9.74. The maximum absolute atomic E-state index is 13.0. The second-order valence-corrected chi connectivity index (χ2v) is 7.98. The number of nitrogens with one attached hydrogen (secondary N) is 1. The van der Waals surface area contributed by atoms with Crippen molar-refractivity contribution in [2.24, 2.45) is 11.1 Å². The molecule has 2 unspecified atom stereocenters. The summed E-state index contributed by atoms with van der Waals surface area (Å²) in [5.41, 5.74) is 8.03. The van der Waals surface area contributed by atoms with Crippen molar-refractivity contribution in [3.05, 3.63) is 59.7 Å². The van der Waals surface area contributed by atoms with Crippen molar-refractivity contribution in [3.63, 3.8) is 0 Å². The highest BCUT2D eigenvalue weighted by atomic mass is 35.5. The van der Waals surface area contributed by atoms with Gasteiger partial charge in [-0.05, 0) is 30.7 Å². The number of benzene rings is 2. The molecule has 3 rings (SSSR count). The van der Waals surface area contributed by atoms with Crippen LogP contribution in [0.5, 0.6) is 5.75 Å². The smallest absolute Gasteiger partial charge is 0.245 e. The van der Waals surface area contributed by atoms with Crippen LogP contribution in [0.25, 0.3) is 0 Å². The maximum Gasteiger partial charge on any atom is 0.245 e. The molecule has 0 radical (unpaired) electrons. The third-order valence-corrected chi connectivity index (χ3v) is 6.01. The summed E-state index contributed by atoms with van der Waals surface area (Å²) in [6, 6.07) is 15.9. The van der Waals surface area contributed by atoms with Crippen molar-refractivity contribution in [2.75, 3.05) is 19.0 Å². The minimum absolute atomic E-state index is 0. The SMILES string of the molecule is CCOC1CC(N)(C(=O)Nc2ccc(OC)c(Cc3ccccc3)c2)C1(C)C.Cl. The van der Waals surface area contributed by atoms with Crippen LogP contribution >= 0.6 is 12.4 Å². The number of hydrogen-bond acceptors (Lipinski definition) is 4. The number of ether oxygens (including phenoxy) is 2. The van der Waals surface area contributed by atoms with E-state index in [4.69, 9.17) is 15.2 Å². The first-order chi connectivity index (χ1) is 13.3. The summed E-state index contributed by atoms with van der Waals surface area (Å²) in [7, 11) is 1.65. The van der Waals surface area contributed by atoms with E-state index in [2.05, 4.69) is 17.4 Å². The highest BCUT2D eigenvalue weighted by Crippen LogP contribution is 2.50. The van der Waals surface area contributed by atoms with Gasteiger partial charge in [-0.25, -0.2) is 0 Å². The summed E-state index contributed by atoms with van der Waals surface area (Å²) in [4.78, 5) is 13.0. The summed E-state index contributed by atoms with van der Waals surface area (Å²) in [5.74, 6) is 0.619. The molecule has 0 aromatic heterocycles. The fraction of sp³-hybridized carbons (Fsp3) is 0.435. The predicted octanol–water partition coefficient (Wildman–Crippen LogP) is 4.18. The Balaban J connectivity index is 0.00000300. The lowest BCUT2D eigenvalue weighted by Crippen LogP contribution is -2.74. The van der Waals surface area contributed by atoms with Gasteiger partial charge in [-0.2, -0.15) is 0 Å². The molecule has 1 aliphatic rings. The van der Waals surface area contributed by atoms with Gasteiger partial charge in [0.15, 0.2) is 0 Å². The summed E-state index contributed by atoms with van der Waals surface area (Å²) < 4.78 is 11.2. The minimum atomic E-state index is -0.952. The van der Waals surface area contributed by atoms with Crippen LogP contribution in [-0.2, 0) is 16.0 Å². The largest absolute Gasteiger partial charge is 0.496 e. The van der Waals surface area contributed by atoms with Crippen LogP contribution in [0.2, 0.25) is 0 Å². The minimum Gasteiger partial charge on any atom is -0.496 e. The van der Waals surface area contributed by atoms with E-state index in [0.29, 0.717) is 13.0 Å². The molecule has 0 spiro atoms. The van der Waals surface area contributed by atoms with Gasteiger partial charge >= 0.3 is 0 Å². The Morgan fingerprint density at radius 2 is 1.90 bits per heavy atom. The number of anilines is 1. The van der Waals surface area contributed by atoms with Gasteiger partial charge in [-0.3, -0.25) is 4.79 Å². The molecule has 3 N–H and O–H groups in total. The van der Waals surface area contributed by atoms with Crippen LogP contribution in [0.4, 0.5) is 5.69 Å². The van der Waals surface area contributed by atoms with E-state index in [-0.39, 0.29) is 24.4 Å². The van der Waals surface area contributed by atoms with E-state index >= 15 is 0 Å². The summed E-state index contributed by atoms with van der Waals surface area (Å²) in [6.07, 6.45) is 1.24. The van der Waals surface area contributed by atoms with Crippen molar-refractivity contribution in [2.45, 2.75) is 45.3 Å². The van der Waals surface area contributed by atoms with Gasteiger partial charge in [0, 0.05) is 36.1 Å². The Hall–Kier alpha value is -2.08. The molecular weight excluding hydrogens is 388 g/mol. The molecule has 6 heteroatoms. The maximum atomic E-state index is 13.0. The zero-order valence-electron chi connectivity index (χ0n) is 17.5. The number of methoxy groups -OCH3 is 1. The molecule has 1 saturated carbocycles. The Kier molecular flexibility index (Phi) is 7.33. The van der Waals surface area contributed by atoms with E-state index in [9.17, 15) is 4.79 Å². The highest BCUT2D eigenvalue weighted by Gasteiger charge is 2.62. The number of carbonyl (C=O) groups is 1. The number of amides is 1. The van der Waals surface area contributed by atoms with E-state index in [1.54, 1.807) is 7.11 Å². The predicted molar refractivity (Wildman–Crippen MR) is 119 cm³/mol. The lowest BCUT2D eigenvalue weighted by molar-refractivity contribution is -0.166. The van der Waals surface area contributed by atoms with Gasteiger partial charge in [0.05, 0.1) is 13.2 Å². The molecule has 2 aromatic carbocycles. The molecule has 0 heterocycles. The van der Waals surface area contributed by atoms with Crippen molar-refractivity contribution in [1.29, 1.82) is 0 Å². The second kappa shape index (κ2) is 9.16. The van der Waals surface area contributed by atoms with Crippen LogP contribution in [0.3, 0.4) is 0 Å². The molecular formula is C23H31ClN2O3. The Morgan fingerprint density at radius 3 is 2.48 bits per heavy atom. The van der Waals surface area contributed by atoms with Crippen LogP contribution in [0.1, 0.15) is 38.3 Å². The molecule has 1 fully saturated rings. The van der Waals surface area contributed by atoms with Gasteiger partial charge < -0.3 is 20.5 Å². The van der Waals surface area contributed by atoms with Gasteiger partial charge in [0.2, 0.25) is 5.91 Å². The van der Waals surface area contributed by atoms with Crippen molar-refractivity contribution < 1.29 is 14.3 Å². The van der Waals surface area contributed by atoms with Gasteiger partial charge in [-0.1, -0.05) is 44.2 Å². The summed E-state index contributed by atoms with van der Waals surface area (Å²) >= 11 is 0. The Morgan fingerprint density at radius 1 is 1.21 bits per heavy atom. The molecule has 5 nitrogen and oxygen atoms in total. The fourth-order valence-corrected chi connectivity index (χ4v) is 3.87. The molecule has 0 saturated heterocycles. The monoisotopic (exact) mass is 418 g/mol. The number of halogens is 1. The topological polar surface area (TPSA) is 73.6 Å². The van der Waals surface area contributed by atoms with E-state index in [1.807, 2.05) is 57.2 Å². The van der Waals surface area contributed by atoms with Crippen molar-refractivity contribution in [3.8, 4) is 5.75 Å². The number of hydrogen-bond donors (Lipinski definition) is 2. The average molecular weight is 419 g/mol. The molecule has 2 aromatic rings. The Labute approximate surface area is 179 Å². The quantitative estimate of drug-likeness (QED) is 0.707. The standard InChI is InChI=1S/C23H30N2O3.ClH/c1-5-28-20-15-23(24,22(20,2)3)21(26)25-18-11-12-19(27-4)17(14-18)13-16-9-7-6-8-10-16;/h6-12,14,20H,5,13,15,24H2,1-4H3,(H,25,26);1H. The molecule has 0 bridgehead atoms. The third kappa shape index (κ3) is 4.42. The highest BCUT2D eigenvalue weighted by molar-refractivity contribution is 6.00. The lowest BCUT2D eigenvalue weighted by atomic mass is 9.54. The van der Waals surface area contributed by atoms with Crippen molar-refractivity contribution >= 4 is 24.0 Å². The van der Waals surface area contributed by atoms with Gasteiger partial charge in [-0.15, -0.1) is 12.4 Å². The van der Waals surface area contributed by atoms with Gasteiger partial charge in [0.1, 0.15) is 11.3 Å².